The summed E-state index contributed by atoms with van der Waals surface area (Å²) in [4.78, 5) is 14.1. The molecular weight excluding hydrogens is 282 g/mol. The number of carbonyl (C=O) groups is 1. The molecule has 0 unspecified atom stereocenters. The maximum Gasteiger partial charge on any atom is 0.410 e. The Bertz CT molecular complexity index is 577. The molecule has 3 rings (SSSR count). The molecule has 22 heavy (non-hydrogen) atoms. The molecule has 0 bridgehead atoms. The van der Waals surface area contributed by atoms with Crippen LogP contribution in [0, 0.1) is 18.8 Å². The van der Waals surface area contributed by atoms with Crippen LogP contribution in [-0.4, -0.2) is 41.4 Å². The summed E-state index contributed by atoms with van der Waals surface area (Å²) in [6, 6.07) is 1.98. The Labute approximate surface area is 131 Å². The van der Waals surface area contributed by atoms with E-state index in [2.05, 4.69) is 5.16 Å². The molecule has 1 aliphatic heterocycles. The van der Waals surface area contributed by atoms with Gasteiger partial charge in [0.25, 0.3) is 0 Å². The normalized spacial score (nSPS) is 30.9. The third kappa shape index (κ3) is 2.39. The van der Waals surface area contributed by atoms with Gasteiger partial charge >= 0.3 is 6.09 Å². The molecule has 122 valence electrons. The van der Waals surface area contributed by atoms with Gasteiger partial charge < -0.3 is 19.9 Å². The zero-order valence-corrected chi connectivity index (χ0v) is 13.8. The van der Waals surface area contributed by atoms with E-state index in [1.165, 1.54) is 0 Å². The average molecular weight is 307 g/mol. The average Bonchev–Trinajstić information content (AvgIpc) is 2.89. The van der Waals surface area contributed by atoms with Gasteiger partial charge in [-0.25, -0.2) is 4.79 Å². The van der Waals surface area contributed by atoms with E-state index in [1.807, 2.05) is 33.8 Å². The molecule has 0 spiro atoms. The number of hydrogen-bond acceptors (Lipinski definition) is 5. The fourth-order valence-electron chi connectivity index (χ4n) is 3.84. The number of fused-ring (bicyclic) bond motifs is 1. The number of ether oxygens (including phenoxy) is 1. The summed E-state index contributed by atoms with van der Waals surface area (Å²) in [5.74, 6) is 1.64. The van der Waals surface area contributed by atoms with Crippen molar-refractivity contribution in [2.45, 2.75) is 45.1 Å². The lowest BCUT2D eigenvalue weighted by atomic mass is 9.97. The van der Waals surface area contributed by atoms with Crippen molar-refractivity contribution in [3.8, 4) is 0 Å². The van der Waals surface area contributed by atoms with Crippen molar-refractivity contribution in [1.82, 2.24) is 10.1 Å². The van der Waals surface area contributed by atoms with Crippen LogP contribution in [0.4, 0.5) is 4.79 Å². The van der Waals surface area contributed by atoms with Gasteiger partial charge in [-0.2, -0.15) is 0 Å². The minimum absolute atomic E-state index is 0.130. The molecule has 1 amide bonds. The summed E-state index contributed by atoms with van der Waals surface area (Å²) >= 11 is 0. The monoisotopic (exact) mass is 307 g/mol. The lowest BCUT2D eigenvalue weighted by molar-refractivity contribution is 0.0206. The fourth-order valence-corrected chi connectivity index (χ4v) is 3.84. The fraction of sp³-hybridized carbons (Fsp3) is 0.750. The van der Waals surface area contributed by atoms with Crippen LogP contribution in [0.1, 0.15) is 38.6 Å². The highest BCUT2D eigenvalue weighted by atomic mass is 16.6. The van der Waals surface area contributed by atoms with Gasteiger partial charge in [-0.05, 0) is 46.0 Å². The van der Waals surface area contributed by atoms with Crippen LogP contribution in [0.3, 0.4) is 0 Å². The van der Waals surface area contributed by atoms with Crippen molar-refractivity contribution in [3.05, 3.63) is 17.5 Å². The van der Waals surface area contributed by atoms with Crippen molar-refractivity contribution in [3.63, 3.8) is 0 Å². The number of nitrogens with zero attached hydrogens (tertiary/aromatic N) is 2. The maximum atomic E-state index is 12.3. The first-order valence-electron chi connectivity index (χ1n) is 7.90. The predicted octanol–water partition coefficient (Wildman–Crippen LogP) is 2.07. The lowest BCUT2D eigenvalue weighted by Crippen LogP contribution is -2.40. The van der Waals surface area contributed by atoms with E-state index < -0.39 is 5.60 Å². The van der Waals surface area contributed by atoms with Crippen LogP contribution in [0.15, 0.2) is 10.6 Å². The Kier molecular flexibility index (Phi) is 3.47. The van der Waals surface area contributed by atoms with E-state index in [1.54, 1.807) is 4.90 Å². The number of amides is 1. The summed E-state index contributed by atoms with van der Waals surface area (Å²) in [5, 5.41) is 4.18. The van der Waals surface area contributed by atoms with Gasteiger partial charge in [0.15, 0.2) is 0 Å². The third-order valence-electron chi connectivity index (χ3n) is 4.92. The lowest BCUT2D eigenvalue weighted by Gasteiger charge is -2.29. The van der Waals surface area contributed by atoms with E-state index >= 15 is 0 Å². The third-order valence-corrected chi connectivity index (χ3v) is 4.92. The highest BCUT2D eigenvalue weighted by Crippen LogP contribution is 2.62. The number of aromatic nitrogens is 1. The van der Waals surface area contributed by atoms with Crippen LogP contribution in [0.25, 0.3) is 0 Å². The first-order valence-corrected chi connectivity index (χ1v) is 7.90. The van der Waals surface area contributed by atoms with Crippen LogP contribution in [0.5, 0.6) is 0 Å². The van der Waals surface area contributed by atoms with Crippen LogP contribution < -0.4 is 5.73 Å². The van der Waals surface area contributed by atoms with Gasteiger partial charge in [0.1, 0.15) is 11.4 Å². The molecule has 0 radical (unpaired) electrons. The quantitative estimate of drug-likeness (QED) is 0.904. The molecule has 2 heterocycles. The molecule has 1 saturated carbocycles. The van der Waals surface area contributed by atoms with Crippen molar-refractivity contribution < 1.29 is 14.1 Å². The molecule has 2 aliphatic rings. The highest BCUT2D eigenvalue weighted by molar-refractivity contribution is 5.68. The molecule has 1 aliphatic carbocycles. The molecule has 1 saturated heterocycles. The number of aryl methyl sites for hydroxylation is 1. The van der Waals surface area contributed by atoms with Gasteiger partial charge in [-0.15, -0.1) is 0 Å². The number of likely N-dealkylation sites (tertiary alicyclic amines) is 1. The van der Waals surface area contributed by atoms with E-state index in [-0.39, 0.29) is 11.5 Å². The maximum absolute atomic E-state index is 12.3. The summed E-state index contributed by atoms with van der Waals surface area (Å²) < 4.78 is 10.7. The van der Waals surface area contributed by atoms with E-state index in [0.717, 1.165) is 17.9 Å². The predicted molar refractivity (Wildman–Crippen MR) is 81.4 cm³/mol. The molecular formula is C16H25N3O3. The van der Waals surface area contributed by atoms with Gasteiger partial charge in [0, 0.05) is 31.1 Å². The zero-order chi connectivity index (χ0) is 16.1. The first kappa shape index (κ1) is 15.3. The second-order valence-electron chi connectivity index (χ2n) is 7.50. The van der Waals surface area contributed by atoms with Crippen molar-refractivity contribution in [2.24, 2.45) is 17.6 Å². The molecule has 1 aromatic heterocycles. The van der Waals surface area contributed by atoms with Crippen LogP contribution in [0.2, 0.25) is 0 Å². The van der Waals surface area contributed by atoms with Crippen molar-refractivity contribution in [1.29, 1.82) is 0 Å². The van der Waals surface area contributed by atoms with Gasteiger partial charge in [-0.3, -0.25) is 0 Å². The number of piperidine rings is 1. The Balaban J connectivity index is 1.73. The van der Waals surface area contributed by atoms with Gasteiger partial charge in [0.05, 0.1) is 5.69 Å². The smallest absolute Gasteiger partial charge is 0.410 e. The molecule has 6 nitrogen and oxygen atoms in total. The SMILES string of the molecule is Cc1cc([C@@]2(CN)[C@@H]3CCN(C(=O)OC(C)(C)C)C[C@@H]32)no1. The Morgan fingerprint density at radius 3 is 2.82 bits per heavy atom. The molecule has 1 aromatic rings. The van der Waals surface area contributed by atoms with Crippen LogP contribution in [-0.2, 0) is 10.2 Å². The minimum Gasteiger partial charge on any atom is -0.444 e. The van der Waals surface area contributed by atoms with Gasteiger partial charge in [-0.1, -0.05) is 5.16 Å². The summed E-state index contributed by atoms with van der Waals surface area (Å²) in [7, 11) is 0. The summed E-state index contributed by atoms with van der Waals surface area (Å²) in [6.45, 7) is 9.49. The number of nitrogens with two attached hydrogens (primary N) is 1. The Morgan fingerprint density at radius 2 is 2.27 bits per heavy atom. The second-order valence-corrected chi connectivity index (χ2v) is 7.50. The van der Waals surface area contributed by atoms with E-state index in [9.17, 15) is 4.79 Å². The van der Waals surface area contributed by atoms with Crippen molar-refractivity contribution in [2.75, 3.05) is 19.6 Å². The van der Waals surface area contributed by atoms with Gasteiger partial charge in [0.2, 0.25) is 0 Å². The molecule has 2 N–H and O–H groups in total. The standard InChI is InChI=1S/C16H25N3O3/c1-10-7-13(18-22-10)16(9-17)11-5-6-19(8-12(11)16)14(20)21-15(2,3)4/h7,11-12H,5-6,8-9,17H2,1-4H3/t11-,12+,16+/m1/s1. The molecule has 0 aromatic carbocycles. The highest BCUT2D eigenvalue weighted by Gasteiger charge is 2.67. The first-order chi connectivity index (χ1) is 10.3. The Hall–Kier alpha value is -1.56. The second kappa shape index (κ2) is 4.98. The molecule has 3 atom stereocenters. The Morgan fingerprint density at radius 1 is 1.55 bits per heavy atom. The van der Waals surface area contributed by atoms with Crippen LogP contribution >= 0.6 is 0 Å². The number of carbonyl (C=O) groups excluding carboxylic acids is 1. The summed E-state index contributed by atoms with van der Waals surface area (Å²) in [6.07, 6.45) is 0.702. The topological polar surface area (TPSA) is 81.6 Å². The zero-order valence-electron chi connectivity index (χ0n) is 13.8. The van der Waals surface area contributed by atoms with E-state index in [4.69, 9.17) is 15.0 Å². The van der Waals surface area contributed by atoms with E-state index in [0.29, 0.717) is 31.5 Å². The number of hydrogen-bond donors (Lipinski definition) is 1. The molecule has 6 heteroatoms. The summed E-state index contributed by atoms with van der Waals surface area (Å²) in [5.41, 5.74) is 6.42. The largest absolute Gasteiger partial charge is 0.444 e. The molecule has 2 fully saturated rings. The number of rotatable bonds is 2. The minimum atomic E-state index is -0.467. The van der Waals surface area contributed by atoms with Crippen molar-refractivity contribution >= 4 is 6.09 Å².